The van der Waals surface area contributed by atoms with Crippen LogP contribution in [0, 0.1) is 11.8 Å². The third-order valence-electron chi connectivity index (χ3n) is 9.17. The standard InChI is InChI=1S/C42H52N2O6/c1-3-5-8-19-36(26-32-15-9-6-10-16-32)42(48)50-31-38-20-13-25-44(38)41(47)35(14-4-2)28-40(46)43-37(29-45)27-33-21-23-39(24-22-33)49-30-34-17-11-7-12-18-34/h3-4,6-7,9-12,15-18,21-24,35-38,45H,1-2,5,8,13-14,19-20,25-31H2,(H,43,46)/t35-,36-,37+,38+/m1/s1. The van der Waals surface area contributed by atoms with Crippen LogP contribution < -0.4 is 10.1 Å². The number of aliphatic hydroxyl groups is 1. The van der Waals surface area contributed by atoms with Crippen molar-refractivity contribution in [3.05, 3.63) is 127 Å². The van der Waals surface area contributed by atoms with E-state index in [-0.39, 0.29) is 49.4 Å². The van der Waals surface area contributed by atoms with Crippen LogP contribution in [0.2, 0.25) is 0 Å². The molecular weight excluding hydrogens is 628 g/mol. The third-order valence-corrected chi connectivity index (χ3v) is 9.17. The summed E-state index contributed by atoms with van der Waals surface area (Å²) in [5.41, 5.74) is 3.10. The summed E-state index contributed by atoms with van der Waals surface area (Å²) in [6, 6.07) is 26.7. The molecule has 2 N–H and O–H groups in total. The van der Waals surface area contributed by atoms with Crippen molar-refractivity contribution < 1.29 is 29.0 Å². The molecule has 0 aliphatic carbocycles. The molecule has 8 heteroatoms. The third kappa shape index (κ3) is 12.3. The van der Waals surface area contributed by atoms with Crippen LogP contribution in [-0.4, -0.2) is 59.6 Å². The average molecular weight is 681 g/mol. The van der Waals surface area contributed by atoms with Gasteiger partial charge in [-0.25, -0.2) is 0 Å². The van der Waals surface area contributed by atoms with Crippen LogP contribution in [-0.2, 0) is 38.6 Å². The second-order valence-electron chi connectivity index (χ2n) is 13.1. The van der Waals surface area contributed by atoms with E-state index in [1.807, 2.05) is 91.0 Å². The van der Waals surface area contributed by atoms with Crippen molar-refractivity contribution in [2.75, 3.05) is 19.8 Å². The SMILES string of the molecule is C=CCCC[C@H](Cc1ccccc1)C(=O)OC[C@@H]1CCCN1C(=O)[C@H](CC=C)CC(=O)N[C@H](CO)Cc1ccc(OCc2ccccc2)cc1. The van der Waals surface area contributed by atoms with Gasteiger partial charge in [-0.2, -0.15) is 0 Å². The molecule has 1 aliphatic rings. The summed E-state index contributed by atoms with van der Waals surface area (Å²) in [6.07, 6.45) is 8.77. The number of carbonyl (C=O) groups is 3. The molecule has 50 heavy (non-hydrogen) atoms. The van der Waals surface area contributed by atoms with E-state index in [0.717, 1.165) is 48.1 Å². The van der Waals surface area contributed by atoms with Gasteiger partial charge in [-0.3, -0.25) is 14.4 Å². The van der Waals surface area contributed by atoms with E-state index >= 15 is 0 Å². The number of nitrogens with zero attached hydrogens (tertiary/aromatic N) is 1. The molecule has 266 valence electrons. The lowest BCUT2D eigenvalue weighted by atomic mass is 9.94. The number of likely N-dealkylation sites (tertiary alicyclic amines) is 1. The summed E-state index contributed by atoms with van der Waals surface area (Å²) in [6.45, 7) is 8.53. The van der Waals surface area contributed by atoms with E-state index in [9.17, 15) is 19.5 Å². The van der Waals surface area contributed by atoms with Crippen LogP contribution >= 0.6 is 0 Å². The van der Waals surface area contributed by atoms with Crippen LogP contribution in [0.1, 0.15) is 61.6 Å². The Bertz CT molecular complexity index is 1490. The highest BCUT2D eigenvalue weighted by Gasteiger charge is 2.35. The molecule has 3 aromatic carbocycles. The molecule has 0 unspecified atom stereocenters. The van der Waals surface area contributed by atoms with Gasteiger partial charge >= 0.3 is 5.97 Å². The Hall–Kier alpha value is -4.69. The van der Waals surface area contributed by atoms with Gasteiger partial charge in [0.1, 0.15) is 19.0 Å². The number of rotatable bonds is 21. The van der Waals surface area contributed by atoms with E-state index in [1.165, 1.54) is 0 Å². The van der Waals surface area contributed by atoms with Crippen molar-refractivity contribution in [1.82, 2.24) is 10.2 Å². The number of nitrogens with one attached hydrogen (secondary N) is 1. The minimum Gasteiger partial charge on any atom is -0.489 e. The first-order valence-electron chi connectivity index (χ1n) is 17.8. The van der Waals surface area contributed by atoms with Crippen LogP contribution in [0.4, 0.5) is 0 Å². The van der Waals surface area contributed by atoms with Crippen molar-refractivity contribution in [1.29, 1.82) is 0 Å². The van der Waals surface area contributed by atoms with Crippen molar-refractivity contribution in [3.63, 3.8) is 0 Å². The highest BCUT2D eigenvalue weighted by Crippen LogP contribution is 2.25. The highest BCUT2D eigenvalue weighted by molar-refractivity contribution is 5.86. The van der Waals surface area contributed by atoms with Gasteiger partial charge in [-0.1, -0.05) is 84.9 Å². The number of benzene rings is 3. The predicted molar refractivity (Wildman–Crippen MR) is 196 cm³/mol. The maximum absolute atomic E-state index is 13.8. The molecule has 1 fully saturated rings. The first kappa shape index (κ1) is 38.1. The quantitative estimate of drug-likeness (QED) is 0.0745. The molecule has 0 bridgehead atoms. The van der Waals surface area contributed by atoms with Crippen LogP contribution in [0.3, 0.4) is 0 Å². The number of ether oxygens (including phenoxy) is 2. The van der Waals surface area contributed by atoms with Crippen LogP contribution in [0.15, 0.2) is 110 Å². The molecule has 2 amide bonds. The maximum Gasteiger partial charge on any atom is 0.309 e. The lowest BCUT2D eigenvalue weighted by Crippen LogP contribution is -2.45. The molecule has 1 aliphatic heterocycles. The van der Waals surface area contributed by atoms with Crippen LogP contribution in [0.25, 0.3) is 0 Å². The second kappa shape index (κ2) is 20.7. The van der Waals surface area contributed by atoms with E-state index in [0.29, 0.717) is 38.8 Å². The summed E-state index contributed by atoms with van der Waals surface area (Å²) in [7, 11) is 0. The largest absolute Gasteiger partial charge is 0.489 e. The van der Waals surface area contributed by atoms with Crippen molar-refractivity contribution in [2.45, 2.75) is 76.5 Å². The first-order chi connectivity index (χ1) is 24.4. The maximum atomic E-state index is 13.8. The van der Waals surface area contributed by atoms with Crippen LogP contribution in [0.5, 0.6) is 5.75 Å². The summed E-state index contributed by atoms with van der Waals surface area (Å²) >= 11 is 0. The molecule has 0 spiro atoms. The van der Waals surface area contributed by atoms with E-state index in [4.69, 9.17) is 9.47 Å². The molecule has 1 saturated heterocycles. The number of carbonyl (C=O) groups excluding carboxylic acids is 3. The Morgan fingerprint density at radius 3 is 2.22 bits per heavy atom. The van der Waals surface area contributed by atoms with Gasteiger partial charge in [-0.05, 0) is 80.2 Å². The minimum atomic E-state index is -0.603. The normalized spacial score (nSPS) is 15.8. The molecule has 4 atom stereocenters. The number of hydrogen-bond acceptors (Lipinski definition) is 6. The number of esters is 1. The molecule has 3 aromatic rings. The average Bonchev–Trinajstić information content (AvgIpc) is 3.62. The van der Waals surface area contributed by atoms with Gasteiger partial charge < -0.3 is 24.8 Å². The lowest BCUT2D eigenvalue weighted by molar-refractivity contribution is -0.152. The summed E-state index contributed by atoms with van der Waals surface area (Å²) in [4.78, 5) is 42.0. The summed E-state index contributed by atoms with van der Waals surface area (Å²) < 4.78 is 11.7. The van der Waals surface area contributed by atoms with Gasteiger partial charge in [0.2, 0.25) is 11.8 Å². The van der Waals surface area contributed by atoms with E-state index in [2.05, 4.69) is 18.5 Å². The van der Waals surface area contributed by atoms with Crippen molar-refractivity contribution in [2.24, 2.45) is 11.8 Å². The van der Waals surface area contributed by atoms with Gasteiger partial charge in [-0.15, -0.1) is 13.2 Å². The zero-order valence-electron chi connectivity index (χ0n) is 29.1. The number of unbranched alkanes of at least 4 members (excludes halogenated alkanes) is 1. The predicted octanol–water partition coefficient (Wildman–Crippen LogP) is 6.62. The lowest BCUT2D eigenvalue weighted by Gasteiger charge is -2.29. The fourth-order valence-corrected chi connectivity index (χ4v) is 6.43. The van der Waals surface area contributed by atoms with Gasteiger partial charge in [0.25, 0.3) is 0 Å². The van der Waals surface area contributed by atoms with E-state index in [1.54, 1.807) is 11.0 Å². The highest BCUT2D eigenvalue weighted by atomic mass is 16.5. The van der Waals surface area contributed by atoms with Crippen molar-refractivity contribution in [3.8, 4) is 5.75 Å². The Morgan fingerprint density at radius 1 is 0.880 bits per heavy atom. The molecule has 0 aromatic heterocycles. The fourth-order valence-electron chi connectivity index (χ4n) is 6.43. The molecule has 8 nitrogen and oxygen atoms in total. The summed E-state index contributed by atoms with van der Waals surface area (Å²) in [5.74, 6) is -0.837. The zero-order valence-corrected chi connectivity index (χ0v) is 29.1. The number of amides is 2. The summed E-state index contributed by atoms with van der Waals surface area (Å²) in [5, 5.41) is 13.0. The van der Waals surface area contributed by atoms with Gasteiger partial charge in [0.15, 0.2) is 0 Å². The second-order valence-corrected chi connectivity index (χ2v) is 13.1. The first-order valence-corrected chi connectivity index (χ1v) is 17.8. The molecule has 0 saturated carbocycles. The van der Waals surface area contributed by atoms with Gasteiger partial charge in [0.05, 0.1) is 30.5 Å². The molecule has 0 radical (unpaired) electrons. The molecular formula is C42H52N2O6. The molecule has 1 heterocycles. The number of allylic oxidation sites excluding steroid dienone is 2. The monoisotopic (exact) mass is 680 g/mol. The number of aliphatic hydroxyl groups excluding tert-OH is 1. The Labute approximate surface area is 297 Å². The fraction of sp³-hybridized carbons (Fsp3) is 0.405. The molecule has 4 rings (SSSR count). The minimum absolute atomic E-state index is 0.0287. The number of hydrogen-bond donors (Lipinski definition) is 2. The Balaban J connectivity index is 1.28. The Morgan fingerprint density at radius 2 is 1.56 bits per heavy atom. The van der Waals surface area contributed by atoms with Crippen molar-refractivity contribution >= 4 is 17.8 Å². The van der Waals surface area contributed by atoms with Gasteiger partial charge in [0, 0.05) is 13.0 Å². The Kier molecular flexibility index (Phi) is 15.8. The zero-order chi connectivity index (χ0) is 35.6. The smallest absolute Gasteiger partial charge is 0.309 e. The van der Waals surface area contributed by atoms with E-state index < -0.39 is 12.0 Å². The topological polar surface area (TPSA) is 105 Å².